The molecule has 3 aromatic rings. The summed E-state index contributed by atoms with van der Waals surface area (Å²) in [6.07, 6.45) is 1.70. The van der Waals surface area contributed by atoms with Gasteiger partial charge in [0.05, 0.1) is 12.7 Å². The van der Waals surface area contributed by atoms with Crippen LogP contribution in [0.15, 0.2) is 82.8 Å². The molecule has 6 nitrogen and oxygen atoms in total. The van der Waals surface area contributed by atoms with Crippen LogP contribution < -0.4 is 4.74 Å². The molecule has 2 aromatic carbocycles. The standard InChI is InChI=1S/C24H23N3O3S/c1-30-19-8-5-7-18(17-19)23(28)26-13-15-27(16-14-26)24(29)21-11-6-12-25-22(21)31-20-9-3-2-4-10-20/h2-12,17H,13-16H2,1H3. The number of carbonyl (C=O) groups is 2. The van der Waals surface area contributed by atoms with Crippen molar-refractivity contribution in [2.45, 2.75) is 9.92 Å². The molecule has 0 atom stereocenters. The number of nitrogens with zero attached hydrogens (tertiary/aromatic N) is 3. The summed E-state index contributed by atoms with van der Waals surface area (Å²) in [5.74, 6) is 0.549. The lowest BCUT2D eigenvalue weighted by Gasteiger charge is -2.35. The fourth-order valence-corrected chi connectivity index (χ4v) is 4.35. The molecule has 1 aliphatic heterocycles. The number of methoxy groups -OCH3 is 1. The predicted molar refractivity (Wildman–Crippen MR) is 120 cm³/mol. The third-order valence-corrected chi connectivity index (χ3v) is 6.16. The Balaban J connectivity index is 1.42. The molecule has 0 saturated carbocycles. The molecule has 0 bridgehead atoms. The van der Waals surface area contributed by atoms with Crippen LogP contribution in [0.5, 0.6) is 5.75 Å². The number of rotatable bonds is 5. The zero-order valence-corrected chi connectivity index (χ0v) is 18.0. The van der Waals surface area contributed by atoms with E-state index < -0.39 is 0 Å². The van der Waals surface area contributed by atoms with E-state index in [1.807, 2.05) is 42.5 Å². The summed E-state index contributed by atoms with van der Waals surface area (Å²) in [4.78, 5) is 35.1. The Morgan fingerprint density at radius 2 is 1.58 bits per heavy atom. The average Bonchev–Trinajstić information content (AvgIpc) is 2.84. The molecule has 2 amide bonds. The first kappa shape index (κ1) is 20.9. The van der Waals surface area contributed by atoms with Crippen LogP contribution in [0.2, 0.25) is 0 Å². The van der Waals surface area contributed by atoms with Gasteiger partial charge < -0.3 is 14.5 Å². The quantitative estimate of drug-likeness (QED) is 0.612. The van der Waals surface area contributed by atoms with Gasteiger partial charge in [-0.3, -0.25) is 9.59 Å². The fourth-order valence-electron chi connectivity index (χ4n) is 3.46. The van der Waals surface area contributed by atoms with Crippen LogP contribution in [0, 0.1) is 0 Å². The molecular weight excluding hydrogens is 410 g/mol. The number of hydrogen-bond donors (Lipinski definition) is 0. The van der Waals surface area contributed by atoms with Crippen LogP contribution in [0.4, 0.5) is 0 Å². The predicted octanol–water partition coefficient (Wildman–Crippen LogP) is 3.84. The van der Waals surface area contributed by atoms with Gasteiger partial charge in [-0.2, -0.15) is 0 Å². The van der Waals surface area contributed by atoms with Crippen LogP contribution in [0.1, 0.15) is 20.7 Å². The topological polar surface area (TPSA) is 62.7 Å². The molecule has 7 heteroatoms. The van der Waals surface area contributed by atoms with Gasteiger partial charge in [0.2, 0.25) is 0 Å². The number of amides is 2. The maximum atomic E-state index is 13.2. The van der Waals surface area contributed by atoms with E-state index in [1.165, 1.54) is 11.8 Å². The van der Waals surface area contributed by atoms with Crippen molar-refractivity contribution in [1.29, 1.82) is 0 Å². The maximum absolute atomic E-state index is 13.2. The molecule has 1 fully saturated rings. The molecule has 0 spiro atoms. The molecule has 2 heterocycles. The second-order valence-electron chi connectivity index (χ2n) is 7.09. The second-order valence-corrected chi connectivity index (χ2v) is 8.15. The molecule has 4 rings (SSSR count). The van der Waals surface area contributed by atoms with Crippen molar-refractivity contribution < 1.29 is 14.3 Å². The van der Waals surface area contributed by atoms with Crippen LogP contribution in [0.3, 0.4) is 0 Å². The zero-order valence-electron chi connectivity index (χ0n) is 17.2. The number of pyridine rings is 1. The summed E-state index contributed by atoms with van der Waals surface area (Å²) in [5, 5.41) is 0.689. The van der Waals surface area contributed by atoms with Crippen molar-refractivity contribution in [1.82, 2.24) is 14.8 Å². The summed E-state index contributed by atoms with van der Waals surface area (Å²) in [5.41, 5.74) is 1.18. The molecule has 0 radical (unpaired) electrons. The number of aromatic nitrogens is 1. The van der Waals surface area contributed by atoms with E-state index in [0.717, 1.165) is 4.90 Å². The maximum Gasteiger partial charge on any atom is 0.256 e. The molecule has 31 heavy (non-hydrogen) atoms. The molecule has 0 unspecified atom stereocenters. The summed E-state index contributed by atoms with van der Waals surface area (Å²) in [7, 11) is 1.58. The molecular formula is C24H23N3O3S. The van der Waals surface area contributed by atoms with Gasteiger partial charge in [-0.25, -0.2) is 4.98 Å². The SMILES string of the molecule is COc1cccc(C(=O)N2CCN(C(=O)c3cccnc3Sc3ccccc3)CC2)c1. The van der Waals surface area contributed by atoms with Gasteiger partial charge in [-0.05, 0) is 42.5 Å². The number of piperazine rings is 1. The van der Waals surface area contributed by atoms with Crippen molar-refractivity contribution >= 4 is 23.6 Å². The Morgan fingerprint density at radius 1 is 0.871 bits per heavy atom. The van der Waals surface area contributed by atoms with E-state index in [-0.39, 0.29) is 11.8 Å². The summed E-state index contributed by atoms with van der Waals surface area (Å²) in [6.45, 7) is 1.95. The fraction of sp³-hybridized carbons (Fsp3) is 0.208. The van der Waals surface area contributed by atoms with Gasteiger partial charge in [0.1, 0.15) is 10.8 Å². The lowest BCUT2D eigenvalue weighted by Crippen LogP contribution is -2.50. The Kier molecular flexibility index (Phi) is 6.52. The highest BCUT2D eigenvalue weighted by atomic mass is 32.2. The van der Waals surface area contributed by atoms with Crippen molar-refractivity contribution in [2.75, 3.05) is 33.3 Å². The van der Waals surface area contributed by atoms with E-state index in [9.17, 15) is 9.59 Å². The summed E-state index contributed by atoms with van der Waals surface area (Å²) in [6, 6.07) is 20.6. The van der Waals surface area contributed by atoms with Gasteiger partial charge in [0.25, 0.3) is 11.8 Å². The van der Waals surface area contributed by atoms with E-state index >= 15 is 0 Å². The van der Waals surface area contributed by atoms with E-state index in [0.29, 0.717) is 48.1 Å². The molecule has 0 aliphatic carbocycles. The molecule has 1 saturated heterocycles. The highest BCUT2D eigenvalue weighted by Crippen LogP contribution is 2.29. The first-order chi connectivity index (χ1) is 15.2. The third kappa shape index (κ3) is 4.88. The first-order valence-electron chi connectivity index (χ1n) is 10.1. The van der Waals surface area contributed by atoms with Crippen LogP contribution in [-0.2, 0) is 0 Å². The molecule has 1 aliphatic rings. The van der Waals surface area contributed by atoms with E-state index in [4.69, 9.17) is 4.74 Å². The van der Waals surface area contributed by atoms with Crippen LogP contribution >= 0.6 is 11.8 Å². The molecule has 1 aromatic heterocycles. The van der Waals surface area contributed by atoms with E-state index in [1.54, 1.807) is 47.4 Å². The number of hydrogen-bond acceptors (Lipinski definition) is 5. The Hall–Kier alpha value is -3.32. The van der Waals surface area contributed by atoms with Gasteiger partial charge in [-0.15, -0.1) is 0 Å². The first-order valence-corrected chi connectivity index (χ1v) is 10.9. The summed E-state index contributed by atoms with van der Waals surface area (Å²) < 4.78 is 5.21. The monoisotopic (exact) mass is 433 g/mol. The highest BCUT2D eigenvalue weighted by molar-refractivity contribution is 7.99. The van der Waals surface area contributed by atoms with Gasteiger partial charge in [0, 0.05) is 42.8 Å². The minimum Gasteiger partial charge on any atom is -0.497 e. The Bertz CT molecular complexity index is 1070. The van der Waals surface area contributed by atoms with Gasteiger partial charge >= 0.3 is 0 Å². The third-order valence-electron chi connectivity index (χ3n) is 5.13. The number of carbonyl (C=O) groups excluding carboxylic acids is 2. The van der Waals surface area contributed by atoms with E-state index in [2.05, 4.69) is 4.98 Å². The lowest BCUT2D eigenvalue weighted by atomic mass is 10.1. The van der Waals surface area contributed by atoms with Crippen molar-refractivity contribution in [3.8, 4) is 5.75 Å². The van der Waals surface area contributed by atoms with Crippen molar-refractivity contribution in [3.05, 3.63) is 84.1 Å². The normalized spacial score (nSPS) is 13.7. The zero-order chi connectivity index (χ0) is 21.6. The van der Waals surface area contributed by atoms with Crippen molar-refractivity contribution in [2.24, 2.45) is 0 Å². The second kappa shape index (κ2) is 9.66. The molecule has 158 valence electrons. The number of ether oxygens (including phenoxy) is 1. The minimum atomic E-state index is -0.0555. The van der Waals surface area contributed by atoms with Gasteiger partial charge in [0.15, 0.2) is 0 Å². The number of benzene rings is 2. The van der Waals surface area contributed by atoms with Crippen LogP contribution in [-0.4, -0.2) is 59.9 Å². The summed E-state index contributed by atoms with van der Waals surface area (Å²) >= 11 is 1.48. The van der Waals surface area contributed by atoms with Crippen LogP contribution in [0.25, 0.3) is 0 Å². The smallest absolute Gasteiger partial charge is 0.256 e. The molecule has 0 N–H and O–H groups in total. The average molecular weight is 434 g/mol. The lowest BCUT2D eigenvalue weighted by molar-refractivity contribution is 0.0533. The van der Waals surface area contributed by atoms with Crippen molar-refractivity contribution in [3.63, 3.8) is 0 Å². The Labute approximate surface area is 185 Å². The largest absolute Gasteiger partial charge is 0.497 e. The van der Waals surface area contributed by atoms with Gasteiger partial charge in [-0.1, -0.05) is 36.0 Å². The minimum absolute atomic E-state index is 0.0484. The highest BCUT2D eigenvalue weighted by Gasteiger charge is 2.27. The Morgan fingerprint density at radius 3 is 2.29 bits per heavy atom.